The van der Waals surface area contributed by atoms with Crippen LogP contribution in [0.1, 0.15) is 5.56 Å². The van der Waals surface area contributed by atoms with Crippen LogP contribution in [0.4, 0.5) is 14.7 Å². The highest BCUT2D eigenvalue weighted by Crippen LogP contribution is 2.30. The number of nitrogen functional groups attached to an aromatic ring is 1. The Morgan fingerprint density at radius 1 is 1.35 bits per heavy atom. The molecule has 2 rings (SSSR count). The smallest absolute Gasteiger partial charge is 0.230 e. The highest BCUT2D eigenvalue weighted by Gasteiger charge is 2.18. The van der Waals surface area contributed by atoms with Crippen molar-refractivity contribution in [2.24, 2.45) is 0 Å². The molecule has 6 heteroatoms. The number of hydrogen-bond donors (Lipinski definition) is 1. The highest BCUT2D eigenvalue weighted by molar-refractivity contribution is 5.72. The van der Waals surface area contributed by atoms with Gasteiger partial charge in [-0.1, -0.05) is 5.16 Å². The number of benzene rings is 1. The zero-order valence-electron chi connectivity index (χ0n) is 9.04. The molecule has 0 spiro atoms. The van der Waals surface area contributed by atoms with E-state index in [1.165, 1.54) is 19.4 Å². The Hall–Kier alpha value is -1.95. The molecule has 0 saturated carbocycles. The average molecular weight is 240 g/mol. The second kappa shape index (κ2) is 4.50. The lowest BCUT2D eigenvalue weighted by Crippen LogP contribution is -2.00. The van der Waals surface area contributed by atoms with Crippen LogP contribution in [0.5, 0.6) is 0 Å². The van der Waals surface area contributed by atoms with Crippen LogP contribution in [0.15, 0.2) is 22.9 Å². The number of anilines is 1. The van der Waals surface area contributed by atoms with Gasteiger partial charge in [-0.3, -0.25) is 0 Å². The second-order valence-corrected chi connectivity index (χ2v) is 3.42. The van der Waals surface area contributed by atoms with Gasteiger partial charge in [0.1, 0.15) is 11.6 Å². The van der Waals surface area contributed by atoms with Crippen LogP contribution < -0.4 is 5.73 Å². The first-order valence-electron chi connectivity index (χ1n) is 4.81. The number of methoxy groups -OCH3 is 1. The predicted molar refractivity (Wildman–Crippen MR) is 57.0 cm³/mol. The maximum Gasteiger partial charge on any atom is 0.230 e. The normalized spacial score (nSPS) is 10.8. The molecule has 0 amide bonds. The van der Waals surface area contributed by atoms with Gasteiger partial charge in [-0.2, -0.15) is 0 Å². The quantitative estimate of drug-likeness (QED) is 0.894. The Balaban J connectivity index is 2.57. The first kappa shape index (κ1) is 11.5. The molecular formula is C11H10F2N2O2. The fourth-order valence-electron chi connectivity index (χ4n) is 1.53. The van der Waals surface area contributed by atoms with Gasteiger partial charge in [-0.25, -0.2) is 8.78 Å². The van der Waals surface area contributed by atoms with Crippen LogP contribution in [-0.2, 0) is 11.3 Å². The summed E-state index contributed by atoms with van der Waals surface area (Å²) in [4.78, 5) is 0. The molecular weight excluding hydrogens is 230 g/mol. The average Bonchev–Trinajstić information content (AvgIpc) is 2.71. The Kier molecular flexibility index (Phi) is 3.06. The van der Waals surface area contributed by atoms with Crippen molar-refractivity contribution in [2.45, 2.75) is 6.61 Å². The van der Waals surface area contributed by atoms with Crippen LogP contribution in [0.25, 0.3) is 11.1 Å². The van der Waals surface area contributed by atoms with Crippen molar-refractivity contribution in [2.75, 3.05) is 12.8 Å². The van der Waals surface area contributed by atoms with Crippen LogP contribution in [0, 0.1) is 11.6 Å². The molecule has 1 aromatic heterocycles. The lowest BCUT2D eigenvalue weighted by molar-refractivity contribution is 0.177. The molecule has 0 unspecified atom stereocenters. The van der Waals surface area contributed by atoms with E-state index in [2.05, 4.69) is 9.68 Å². The number of hydrogen-bond acceptors (Lipinski definition) is 4. The van der Waals surface area contributed by atoms with Gasteiger partial charge in [0.05, 0.1) is 18.4 Å². The Morgan fingerprint density at radius 3 is 2.71 bits per heavy atom. The van der Waals surface area contributed by atoms with Crippen molar-refractivity contribution in [1.82, 2.24) is 5.16 Å². The lowest BCUT2D eigenvalue weighted by atomic mass is 10.0. The summed E-state index contributed by atoms with van der Waals surface area (Å²) >= 11 is 0. The van der Waals surface area contributed by atoms with E-state index in [0.29, 0.717) is 5.56 Å². The van der Waals surface area contributed by atoms with E-state index in [9.17, 15) is 8.78 Å². The standard InChI is InChI=1S/C11H10F2N2O2/c1-16-5-8-9(12)3-2-6(10(8)13)7-4-15-17-11(7)14/h2-4H,5,14H2,1H3. The molecule has 0 bridgehead atoms. The summed E-state index contributed by atoms with van der Waals surface area (Å²) in [5.74, 6) is -1.40. The fourth-order valence-corrected chi connectivity index (χ4v) is 1.53. The van der Waals surface area contributed by atoms with Crippen molar-refractivity contribution >= 4 is 5.88 Å². The molecule has 0 fully saturated rings. The van der Waals surface area contributed by atoms with E-state index in [-0.39, 0.29) is 23.6 Å². The van der Waals surface area contributed by atoms with Gasteiger partial charge in [-0.15, -0.1) is 0 Å². The van der Waals surface area contributed by atoms with Crippen molar-refractivity contribution in [3.8, 4) is 11.1 Å². The van der Waals surface area contributed by atoms with E-state index in [1.54, 1.807) is 0 Å². The number of ether oxygens (including phenoxy) is 1. The van der Waals surface area contributed by atoms with Gasteiger partial charge in [0.2, 0.25) is 5.88 Å². The Bertz CT molecular complexity index is 540. The predicted octanol–water partition coefficient (Wildman–Crippen LogP) is 2.35. The van der Waals surface area contributed by atoms with Gasteiger partial charge in [0.15, 0.2) is 0 Å². The third-order valence-corrected chi connectivity index (χ3v) is 2.36. The third kappa shape index (κ3) is 1.99. The minimum absolute atomic E-state index is 0.0149. The number of halogens is 2. The van der Waals surface area contributed by atoms with Crippen molar-refractivity contribution < 1.29 is 18.0 Å². The minimum Gasteiger partial charge on any atom is -0.380 e. The van der Waals surface area contributed by atoms with Crippen LogP contribution in [0.2, 0.25) is 0 Å². The molecule has 1 heterocycles. The zero-order valence-corrected chi connectivity index (χ0v) is 9.04. The first-order valence-corrected chi connectivity index (χ1v) is 4.81. The summed E-state index contributed by atoms with van der Waals surface area (Å²) in [6.45, 7) is -0.156. The SMILES string of the molecule is COCc1c(F)ccc(-c2cnoc2N)c1F. The van der Waals surface area contributed by atoms with E-state index < -0.39 is 11.6 Å². The molecule has 17 heavy (non-hydrogen) atoms. The highest BCUT2D eigenvalue weighted by atomic mass is 19.1. The second-order valence-electron chi connectivity index (χ2n) is 3.42. The number of aromatic nitrogens is 1. The van der Waals surface area contributed by atoms with E-state index in [1.807, 2.05) is 0 Å². The molecule has 2 N–H and O–H groups in total. The number of nitrogens with two attached hydrogens (primary N) is 1. The van der Waals surface area contributed by atoms with Crippen molar-refractivity contribution in [3.05, 3.63) is 35.5 Å². The minimum atomic E-state index is -0.721. The molecule has 0 atom stereocenters. The topological polar surface area (TPSA) is 61.3 Å². The summed E-state index contributed by atoms with van der Waals surface area (Å²) in [5, 5.41) is 3.45. The largest absolute Gasteiger partial charge is 0.380 e. The molecule has 0 aliphatic rings. The van der Waals surface area contributed by atoms with Gasteiger partial charge in [0.25, 0.3) is 0 Å². The monoisotopic (exact) mass is 240 g/mol. The van der Waals surface area contributed by atoms with Gasteiger partial charge in [0, 0.05) is 18.2 Å². The van der Waals surface area contributed by atoms with Crippen LogP contribution >= 0.6 is 0 Å². The molecule has 0 radical (unpaired) electrons. The summed E-state index contributed by atoms with van der Waals surface area (Å²) in [5.41, 5.74) is 5.76. The van der Waals surface area contributed by atoms with E-state index in [0.717, 1.165) is 6.07 Å². The third-order valence-electron chi connectivity index (χ3n) is 2.36. The Morgan fingerprint density at radius 2 is 2.12 bits per heavy atom. The summed E-state index contributed by atoms with van der Waals surface area (Å²) in [6.07, 6.45) is 1.28. The summed E-state index contributed by atoms with van der Waals surface area (Å²) in [6, 6.07) is 2.44. The fraction of sp³-hybridized carbons (Fsp3) is 0.182. The molecule has 4 nitrogen and oxygen atoms in total. The maximum atomic E-state index is 14.0. The van der Waals surface area contributed by atoms with Crippen molar-refractivity contribution in [1.29, 1.82) is 0 Å². The zero-order chi connectivity index (χ0) is 12.4. The van der Waals surface area contributed by atoms with Gasteiger partial charge < -0.3 is 15.0 Å². The summed E-state index contributed by atoms with van der Waals surface area (Å²) < 4.78 is 36.8. The maximum absolute atomic E-state index is 14.0. The lowest BCUT2D eigenvalue weighted by Gasteiger charge is -2.07. The van der Waals surface area contributed by atoms with E-state index in [4.69, 9.17) is 10.5 Å². The first-order chi connectivity index (χ1) is 8.15. The molecule has 0 saturated heterocycles. The van der Waals surface area contributed by atoms with Gasteiger partial charge >= 0.3 is 0 Å². The number of nitrogens with zero attached hydrogens (tertiary/aromatic N) is 1. The number of rotatable bonds is 3. The molecule has 0 aliphatic carbocycles. The van der Waals surface area contributed by atoms with Crippen LogP contribution in [-0.4, -0.2) is 12.3 Å². The summed E-state index contributed by atoms with van der Waals surface area (Å²) in [7, 11) is 1.36. The molecule has 90 valence electrons. The Labute approximate surface area is 96.0 Å². The molecule has 2 aromatic rings. The van der Waals surface area contributed by atoms with Crippen LogP contribution in [0.3, 0.4) is 0 Å². The van der Waals surface area contributed by atoms with E-state index >= 15 is 0 Å². The van der Waals surface area contributed by atoms with Gasteiger partial charge in [-0.05, 0) is 12.1 Å². The van der Waals surface area contributed by atoms with Crippen molar-refractivity contribution in [3.63, 3.8) is 0 Å². The molecule has 0 aliphatic heterocycles. The molecule has 1 aromatic carbocycles.